The first-order chi connectivity index (χ1) is 10.1. The standard InChI is InChI=1S/C16H17ClN2O2/c1-3-6-19-15(12(17)9-18-19)16(20)14-8-11-7-10(2)4-5-13(11)21-14/h4-5,7-9,16,20H,3,6H2,1-2H3. The Bertz CT molecular complexity index is 776. The van der Waals surface area contributed by atoms with Crippen LogP contribution in [0.1, 0.15) is 36.5 Å². The highest BCUT2D eigenvalue weighted by Crippen LogP contribution is 2.32. The molecule has 4 nitrogen and oxygen atoms in total. The molecule has 0 spiro atoms. The summed E-state index contributed by atoms with van der Waals surface area (Å²) in [5, 5.41) is 16.2. The van der Waals surface area contributed by atoms with Crippen molar-refractivity contribution in [3.05, 3.63) is 52.5 Å². The molecular formula is C16H17ClN2O2. The van der Waals surface area contributed by atoms with E-state index in [1.807, 2.05) is 31.2 Å². The molecule has 1 N–H and O–H groups in total. The molecule has 0 saturated carbocycles. The summed E-state index contributed by atoms with van der Waals surface area (Å²) < 4.78 is 7.47. The van der Waals surface area contributed by atoms with Crippen molar-refractivity contribution in [2.75, 3.05) is 0 Å². The third-order valence-electron chi connectivity index (χ3n) is 3.49. The van der Waals surface area contributed by atoms with Gasteiger partial charge in [0.2, 0.25) is 0 Å². The Kier molecular flexibility index (Phi) is 3.74. The van der Waals surface area contributed by atoms with Gasteiger partial charge in [0, 0.05) is 11.9 Å². The molecule has 3 aromatic rings. The topological polar surface area (TPSA) is 51.2 Å². The van der Waals surface area contributed by atoms with E-state index in [9.17, 15) is 5.11 Å². The number of aryl methyl sites for hydroxylation is 2. The first-order valence-electron chi connectivity index (χ1n) is 6.99. The molecule has 1 unspecified atom stereocenters. The number of nitrogens with zero attached hydrogens (tertiary/aromatic N) is 2. The Balaban J connectivity index is 2.03. The fraction of sp³-hybridized carbons (Fsp3) is 0.312. The van der Waals surface area contributed by atoms with Crippen molar-refractivity contribution in [2.45, 2.75) is 32.9 Å². The molecule has 1 atom stereocenters. The smallest absolute Gasteiger partial charge is 0.155 e. The molecule has 110 valence electrons. The number of halogens is 1. The normalized spacial score (nSPS) is 13.0. The van der Waals surface area contributed by atoms with E-state index in [4.69, 9.17) is 16.0 Å². The van der Waals surface area contributed by atoms with E-state index in [0.717, 1.165) is 23.0 Å². The molecule has 2 heterocycles. The summed E-state index contributed by atoms with van der Waals surface area (Å²) in [6.45, 7) is 4.78. The highest BCUT2D eigenvalue weighted by molar-refractivity contribution is 6.31. The number of hydrogen-bond acceptors (Lipinski definition) is 3. The predicted molar refractivity (Wildman–Crippen MR) is 82.5 cm³/mol. The molecule has 0 bridgehead atoms. The second-order valence-electron chi connectivity index (χ2n) is 5.19. The van der Waals surface area contributed by atoms with Crippen LogP contribution in [0.4, 0.5) is 0 Å². The van der Waals surface area contributed by atoms with Crippen molar-refractivity contribution >= 4 is 22.6 Å². The molecule has 21 heavy (non-hydrogen) atoms. The van der Waals surface area contributed by atoms with Crippen LogP contribution >= 0.6 is 11.6 Å². The number of aliphatic hydroxyl groups excluding tert-OH is 1. The lowest BCUT2D eigenvalue weighted by Crippen LogP contribution is -2.10. The van der Waals surface area contributed by atoms with Gasteiger partial charge in [0.05, 0.1) is 16.9 Å². The van der Waals surface area contributed by atoms with Gasteiger partial charge < -0.3 is 9.52 Å². The third-order valence-corrected chi connectivity index (χ3v) is 3.78. The van der Waals surface area contributed by atoms with Crippen LogP contribution in [0, 0.1) is 6.92 Å². The highest BCUT2D eigenvalue weighted by atomic mass is 35.5. The van der Waals surface area contributed by atoms with E-state index in [2.05, 4.69) is 12.0 Å². The molecule has 0 aliphatic heterocycles. The van der Waals surface area contributed by atoms with Crippen LogP contribution in [0.5, 0.6) is 0 Å². The van der Waals surface area contributed by atoms with Crippen LogP contribution < -0.4 is 0 Å². The second-order valence-corrected chi connectivity index (χ2v) is 5.60. The molecule has 5 heteroatoms. The van der Waals surface area contributed by atoms with Gasteiger partial charge in [-0.05, 0) is 31.5 Å². The van der Waals surface area contributed by atoms with Crippen molar-refractivity contribution in [1.82, 2.24) is 9.78 Å². The lowest BCUT2D eigenvalue weighted by molar-refractivity contribution is 0.181. The molecule has 0 radical (unpaired) electrons. The zero-order valence-electron chi connectivity index (χ0n) is 12.0. The molecule has 2 aromatic heterocycles. The van der Waals surface area contributed by atoms with Gasteiger partial charge in [0.15, 0.2) is 6.10 Å². The zero-order valence-corrected chi connectivity index (χ0v) is 12.8. The van der Waals surface area contributed by atoms with Gasteiger partial charge in [-0.15, -0.1) is 0 Å². The maximum absolute atomic E-state index is 10.6. The van der Waals surface area contributed by atoms with Gasteiger partial charge in [0.1, 0.15) is 11.3 Å². The predicted octanol–water partition coefficient (Wildman–Crippen LogP) is 4.08. The van der Waals surface area contributed by atoms with Crippen LogP contribution in [0.25, 0.3) is 11.0 Å². The molecule has 0 aliphatic carbocycles. The van der Waals surface area contributed by atoms with Crippen LogP contribution in [-0.2, 0) is 6.54 Å². The first-order valence-corrected chi connectivity index (χ1v) is 7.37. The van der Waals surface area contributed by atoms with Gasteiger partial charge in [-0.25, -0.2) is 0 Å². The van der Waals surface area contributed by atoms with E-state index in [0.29, 0.717) is 23.0 Å². The van der Waals surface area contributed by atoms with Crippen LogP contribution in [0.15, 0.2) is 34.9 Å². The van der Waals surface area contributed by atoms with Crippen molar-refractivity contribution in [2.24, 2.45) is 0 Å². The van der Waals surface area contributed by atoms with Crippen molar-refractivity contribution in [3.63, 3.8) is 0 Å². The summed E-state index contributed by atoms with van der Waals surface area (Å²) in [5.74, 6) is 0.482. The Hall–Kier alpha value is -1.78. The molecule has 0 aliphatic rings. The van der Waals surface area contributed by atoms with E-state index in [1.54, 1.807) is 10.9 Å². The Morgan fingerprint density at radius 3 is 2.95 bits per heavy atom. The summed E-state index contributed by atoms with van der Waals surface area (Å²) in [6, 6.07) is 7.77. The lowest BCUT2D eigenvalue weighted by Gasteiger charge is -2.11. The lowest BCUT2D eigenvalue weighted by atomic mass is 10.1. The average Bonchev–Trinajstić information content (AvgIpc) is 3.02. The second kappa shape index (κ2) is 5.54. The van der Waals surface area contributed by atoms with E-state index in [1.165, 1.54) is 0 Å². The van der Waals surface area contributed by atoms with Crippen molar-refractivity contribution < 1.29 is 9.52 Å². The highest BCUT2D eigenvalue weighted by Gasteiger charge is 2.23. The van der Waals surface area contributed by atoms with Gasteiger partial charge in [0.25, 0.3) is 0 Å². The molecule has 0 amide bonds. The van der Waals surface area contributed by atoms with Gasteiger partial charge in [-0.2, -0.15) is 5.10 Å². The number of fused-ring (bicyclic) bond motifs is 1. The number of rotatable bonds is 4. The van der Waals surface area contributed by atoms with Crippen LogP contribution in [0.3, 0.4) is 0 Å². The van der Waals surface area contributed by atoms with E-state index < -0.39 is 6.10 Å². The Morgan fingerprint density at radius 2 is 2.19 bits per heavy atom. The van der Waals surface area contributed by atoms with Crippen molar-refractivity contribution in [3.8, 4) is 0 Å². The third kappa shape index (κ3) is 2.57. The minimum atomic E-state index is -0.917. The van der Waals surface area contributed by atoms with Crippen molar-refractivity contribution in [1.29, 1.82) is 0 Å². The number of aliphatic hydroxyl groups is 1. The number of aromatic nitrogens is 2. The zero-order chi connectivity index (χ0) is 15.0. The monoisotopic (exact) mass is 304 g/mol. The van der Waals surface area contributed by atoms with Crippen LogP contribution in [0.2, 0.25) is 5.02 Å². The first kappa shape index (κ1) is 14.2. The summed E-state index contributed by atoms with van der Waals surface area (Å²) in [5.41, 5.74) is 2.49. The summed E-state index contributed by atoms with van der Waals surface area (Å²) >= 11 is 6.16. The summed E-state index contributed by atoms with van der Waals surface area (Å²) in [4.78, 5) is 0. The largest absolute Gasteiger partial charge is 0.458 e. The minimum absolute atomic E-state index is 0.451. The Labute approximate surface area is 127 Å². The van der Waals surface area contributed by atoms with Crippen LogP contribution in [-0.4, -0.2) is 14.9 Å². The minimum Gasteiger partial charge on any atom is -0.458 e. The number of benzene rings is 1. The fourth-order valence-corrected chi connectivity index (χ4v) is 2.73. The molecule has 0 saturated heterocycles. The van der Waals surface area contributed by atoms with E-state index in [-0.39, 0.29) is 0 Å². The fourth-order valence-electron chi connectivity index (χ4n) is 2.49. The average molecular weight is 305 g/mol. The Morgan fingerprint density at radius 1 is 1.38 bits per heavy atom. The molecule has 1 aromatic carbocycles. The van der Waals surface area contributed by atoms with Gasteiger partial charge >= 0.3 is 0 Å². The van der Waals surface area contributed by atoms with E-state index >= 15 is 0 Å². The SMILES string of the molecule is CCCn1ncc(Cl)c1C(O)c1cc2cc(C)ccc2o1. The number of furan rings is 1. The molecular weight excluding hydrogens is 288 g/mol. The summed E-state index contributed by atoms with van der Waals surface area (Å²) in [6.07, 6.45) is 1.55. The maximum Gasteiger partial charge on any atom is 0.155 e. The number of hydrogen-bond donors (Lipinski definition) is 1. The molecule has 0 fully saturated rings. The van der Waals surface area contributed by atoms with Gasteiger partial charge in [-0.1, -0.05) is 30.2 Å². The molecule has 3 rings (SSSR count). The summed E-state index contributed by atoms with van der Waals surface area (Å²) in [7, 11) is 0. The maximum atomic E-state index is 10.6. The quantitative estimate of drug-likeness (QED) is 0.790. The van der Waals surface area contributed by atoms with Gasteiger partial charge in [-0.3, -0.25) is 4.68 Å².